The lowest BCUT2D eigenvalue weighted by atomic mass is 9.96. The summed E-state index contributed by atoms with van der Waals surface area (Å²) in [5.41, 5.74) is 9.75. The van der Waals surface area contributed by atoms with Gasteiger partial charge in [-0.05, 0) is 13.0 Å². The van der Waals surface area contributed by atoms with Crippen molar-refractivity contribution in [2.45, 2.75) is 6.92 Å². The minimum Gasteiger partial charge on any atom is -0.490 e. The number of nitrogens with zero attached hydrogens (tertiary/aromatic N) is 2. The van der Waals surface area contributed by atoms with E-state index in [9.17, 15) is 20.1 Å². The van der Waals surface area contributed by atoms with Gasteiger partial charge in [-0.25, -0.2) is 0 Å². The topological polar surface area (TPSA) is 168 Å². The van der Waals surface area contributed by atoms with E-state index < -0.39 is 18.1 Å². The van der Waals surface area contributed by atoms with Crippen LogP contribution in [-0.4, -0.2) is 24.1 Å². The number of amides is 1. The third-order valence-electron chi connectivity index (χ3n) is 3.44. The molecule has 0 spiro atoms. The molecule has 5 N–H and O–H groups in total. The zero-order chi connectivity index (χ0) is 20.1. The number of nitrogens with two attached hydrogens (primary N) is 2. The Morgan fingerprint density at radius 1 is 1.22 bits per heavy atom. The Kier molecular flexibility index (Phi) is 5.91. The molecule has 9 nitrogen and oxygen atoms in total. The normalized spacial score (nSPS) is 9.93. The third kappa shape index (κ3) is 3.94. The molecule has 0 saturated heterocycles. The summed E-state index contributed by atoms with van der Waals surface area (Å²) in [5.74, 6) is -0.567. The number of halogens is 1. The standard InChI is InChI=1S/C17H14ClN5O4/c1-2-26-12-3-8(11(18)4-13(12)27-7-14(21)24)15-9(5-19)16(22)23-17(25)10(15)6-20/h3-4H,2,7H2,1H3,(H2,21,24)(H3,22,23,25). The largest absolute Gasteiger partial charge is 0.490 e. The second-order valence-electron chi connectivity index (χ2n) is 5.18. The summed E-state index contributed by atoms with van der Waals surface area (Å²) < 4.78 is 10.8. The summed E-state index contributed by atoms with van der Waals surface area (Å²) in [7, 11) is 0. The zero-order valence-corrected chi connectivity index (χ0v) is 14.9. The predicted molar refractivity (Wildman–Crippen MR) is 97.2 cm³/mol. The summed E-state index contributed by atoms with van der Waals surface area (Å²) in [6, 6.07) is 6.35. The Labute approximate surface area is 158 Å². The molecule has 1 amide bonds. The van der Waals surface area contributed by atoms with Gasteiger partial charge < -0.3 is 25.9 Å². The highest BCUT2D eigenvalue weighted by atomic mass is 35.5. The summed E-state index contributed by atoms with van der Waals surface area (Å²) in [5, 5.41) is 18.8. The molecule has 0 fully saturated rings. The number of benzene rings is 1. The highest BCUT2D eigenvalue weighted by Crippen LogP contribution is 2.41. The Morgan fingerprint density at radius 2 is 1.85 bits per heavy atom. The molecule has 0 unspecified atom stereocenters. The number of nitrogens with one attached hydrogen (secondary N) is 1. The fourth-order valence-corrected chi connectivity index (χ4v) is 2.62. The predicted octanol–water partition coefficient (Wildman–Crippen LogP) is 1.28. The fraction of sp³-hybridized carbons (Fsp3) is 0.176. The second-order valence-corrected chi connectivity index (χ2v) is 5.59. The maximum absolute atomic E-state index is 12.1. The van der Waals surface area contributed by atoms with Crippen molar-refractivity contribution in [3.63, 3.8) is 0 Å². The van der Waals surface area contributed by atoms with Crippen molar-refractivity contribution in [2.24, 2.45) is 5.73 Å². The monoisotopic (exact) mass is 387 g/mol. The van der Waals surface area contributed by atoms with Crippen LogP contribution in [0.15, 0.2) is 16.9 Å². The van der Waals surface area contributed by atoms with Gasteiger partial charge in [-0.2, -0.15) is 10.5 Å². The smallest absolute Gasteiger partial charge is 0.268 e. The van der Waals surface area contributed by atoms with Gasteiger partial charge in [0.15, 0.2) is 18.1 Å². The van der Waals surface area contributed by atoms with Crippen molar-refractivity contribution in [3.05, 3.63) is 38.6 Å². The quantitative estimate of drug-likeness (QED) is 0.670. The highest BCUT2D eigenvalue weighted by Gasteiger charge is 2.22. The number of aromatic nitrogens is 1. The number of hydrogen-bond acceptors (Lipinski definition) is 7. The Bertz CT molecular complexity index is 1050. The van der Waals surface area contributed by atoms with Crippen LogP contribution in [0.5, 0.6) is 11.5 Å². The number of ether oxygens (including phenoxy) is 2. The van der Waals surface area contributed by atoms with Crippen molar-refractivity contribution in [2.75, 3.05) is 18.9 Å². The van der Waals surface area contributed by atoms with E-state index in [2.05, 4.69) is 4.98 Å². The number of nitriles is 2. The van der Waals surface area contributed by atoms with Crippen LogP contribution in [0.3, 0.4) is 0 Å². The number of primary amides is 1. The Balaban J connectivity index is 2.79. The van der Waals surface area contributed by atoms with Crippen molar-refractivity contribution >= 4 is 23.3 Å². The van der Waals surface area contributed by atoms with Crippen LogP contribution in [0.1, 0.15) is 18.1 Å². The molecular weight excluding hydrogens is 374 g/mol. The molecule has 0 atom stereocenters. The number of nitrogen functional groups attached to an aromatic ring is 1. The van der Waals surface area contributed by atoms with Crippen LogP contribution in [-0.2, 0) is 4.79 Å². The molecule has 0 radical (unpaired) electrons. The van der Waals surface area contributed by atoms with E-state index in [0.29, 0.717) is 0 Å². The number of rotatable bonds is 6. The lowest BCUT2D eigenvalue weighted by Gasteiger charge is -2.16. The lowest BCUT2D eigenvalue weighted by Crippen LogP contribution is -2.20. The van der Waals surface area contributed by atoms with Gasteiger partial charge in [0.05, 0.1) is 11.6 Å². The maximum Gasteiger partial charge on any atom is 0.268 e. The summed E-state index contributed by atoms with van der Waals surface area (Å²) in [4.78, 5) is 25.3. The van der Waals surface area contributed by atoms with Crippen LogP contribution in [0, 0.1) is 22.7 Å². The average Bonchev–Trinajstić information content (AvgIpc) is 2.61. The summed E-state index contributed by atoms with van der Waals surface area (Å²) in [6.45, 7) is 1.57. The van der Waals surface area contributed by atoms with E-state index >= 15 is 0 Å². The van der Waals surface area contributed by atoms with E-state index in [1.165, 1.54) is 12.1 Å². The van der Waals surface area contributed by atoms with Gasteiger partial charge in [0.2, 0.25) is 0 Å². The second kappa shape index (κ2) is 8.13. The van der Waals surface area contributed by atoms with Gasteiger partial charge in [0.1, 0.15) is 29.1 Å². The van der Waals surface area contributed by atoms with Crippen molar-refractivity contribution in [1.82, 2.24) is 4.98 Å². The minimum absolute atomic E-state index is 0.0198. The minimum atomic E-state index is -0.757. The van der Waals surface area contributed by atoms with Crippen LogP contribution in [0.25, 0.3) is 11.1 Å². The summed E-state index contributed by atoms with van der Waals surface area (Å²) in [6.07, 6.45) is 0. The van der Waals surface area contributed by atoms with Gasteiger partial charge in [-0.15, -0.1) is 0 Å². The van der Waals surface area contributed by atoms with Crippen LogP contribution < -0.4 is 26.5 Å². The van der Waals surface area contributed by atoms with Crippen molar-refractivity contribution in [3.8, 4) is 34.8 Å². The molecule has 2 rings (SSSR count). The molecule has 2 aromatic rings. The van der Waals surface area contributed by atoms with Gasteiger partial charge in [-0.3, -0.25) is 9.59 Å². The van der Waals surface area contributed by atoms with Crippen LogP contribution >= 0.6 is 11.6 Å². The van der Waals surface area contributed by atoms with E-state index in [4.69, 9.17) is 32.5 Å². The molecule has 10 heteroatoms. The van der Waals surface area contributed by atoms with E-state index in [0.717, 1.165) is 0 Å². The fourth-order valence-electron chi connectivity index (χ4n) is 2.37. The van der Waals surface area contributed by atoms with Gasteiger partial charge >= 0.3 is 0 Å². The van der Waals surface area contributed by atoms with Crippen LogP contribution in [0.4, 0.5) is 5.82 Å². The summed E-state index contributed by atoms with van der Waals surface area (Å²) >= 11 is 6.29. The molecule has 1 aromatic carbocycles. The molecule has 0 aliphatic carbocycles. The number of aromatic amines is 1. The van der Waals surface area contributed by atoms with E-state index in [-0.39, 0.29) is 51.2 Å². The number of H-pyrrole nitrogens is 1. The third-order valence-corrected chi connectivity index (χ3v) is 3.75. The lowest BCUT2D eigenvalue weighted by molar-refractivity contribution is -0.119. The SMILES string of the molecule is CCOc1cc(-c2c(C#N)c(N)[nH]c(=O)c2C#N)c(Cl)cc1OCC(N)=O. The number of carbonyl (C=O) groups is 1. The molecular formula is C17H14ClN5O4. The molecule has 1 aromatic heterocycles. The van der Waals surface area contributed by atoms with Crippen molar-refractivity contribution < 1.29 is 14.3 Å². The Hall–Kier alpha value is -3.69. The molecule has 138 valence electrons. The van der Waals surface area contributed by atoms with E-state index in [1.54, 1.807) is 13.0 Å². The number of pyridine rings is 1. The Morgan fingerprint density at radius 3 is 2.41 bits per heavy atom. The first-order valence-corrected chi connectivity index (χ1v) is 7.95. The first-order chi connectivity index (χ1) is 12.8. The number of hydrogen-bond donors (Lipinski definition) is 3. The molecule has 27 heavy (non-hydrogen) atoms. The van der Waals surface area contributed by atoms with Gasteiger partial charge in [0.25, 0.3) is 11.5 Å². The van der Waals surface area contributed by atoms with Crippen LogP contribution in [0.2, 0.25) is 5.02 Å². The molecule has 0 aliphatic rings. The highest BCUT2D eigenvalue weighted by molar-refractivity contribution is 6.33. The van der Waals surface area contributed by atoms with Crippen molar-refractivity contribution in [1.29, 1.82) is 10.5 Å². The zero-order valence-electron chi connectivity index (χ0n) is 14.1. The molecule has 0 aliphatic heterocycles. The van der Waals surface area contributed by atoms with Gasteiger partial charge in [-0.1, -0.05) is 11.6 Å². The van der Waals surface area contributed by atoms with Gasteiger partial charge in [0, 0.05) is 17.2 Å². The number of carbonyl (C=O) groups excluding carboxylic acids is 1. The molecule has 0 bridgehead atoms. The first kappa shape index (κ1) is 19.6. The molecule has 1 heterocycles. The first-order valence-electron chi connectivity index (χ1n) is 7.57. The molecule has 0 saturated carbocycles. The number of anilines is 1. The maximum atomic E-state index is 12.1. The van der Waals surface area contributed by atoms with E-state index in [1.807, 2.05) is 6.07 Å². The average molecular weight is 388 g/mol.